The Morgan fingerprint density at radius 1 is 1.21 bits per heavy atom. The van der Waals surface area contributed by atoms with Crippen LogP contribution in [-0.4, -0.2) is 35.0 Å². The summed E-state index contributed by atoms with van der Waals surface area (Å²) in [4.78, 5) is 19.8. The molecule has 0 aliphatic rings. The van der Waals surface area contributed by atoms with Gasteiger partial charge in [-0.3, -0.25) is 0 Å². The van der Waals surface area contributed by atoms with Crippen LogP contribution in [0.3, 0.4) is 0 Å². The van der Waals surface area contributed by atoms with Crippen molar-refractivity contribution in [1.82, 2.24) is 14.9 Å². The molecule has 128 valence electrons. The summed E-state index contributed by atoms with van der Waals surface area (Å²) in [6.45, 7) is 0. The van der Waals surface area contributed by atoms with E-state index < -0.39 is 12.2 Å². The average Bonchev–Trinajstić information content (AvgIpc) is 2.53. The molecule has 0 bridgehead atoms. The van der Waals surface area contributed by atoms with Gasteiger partial charge in [0.2, 0.25) is 11.7 Å². The average molecular weight is 377 g/mol. The zero-order valence-corrected chi connectivity index (χ0v) is 14.1. The minimum atomic E-state index is -2.91. The van der Waals surface area contributed by atoms with Crippen LogP contribution in [0.1, 0.15) is 12.2 Å². The van der Waals surface area contributed by atoms with E-state index in [1.165, 1.54) is 17.0 Å². The number of halogens is 4. The van der Waals surface area contributed by atoms with Crippen LogP contribution >= 0.6 is 23.2 Å². The maximum Gasteiger partial charge on any atom is 0.321 e. The first-order chi connectivity index (χ1) is 11.3. The number of nitrogens with one attached hydrogen (secondary N) is 1. The molecular weight excluding hydrogens is 365 g/mol. The summed E-state index contributed by atoms with van der Waals surface area (Å²) >= 11 is 11.6. The molecule has 0 aliphatic heterocycles. The molecular formula is C14H12Cl2F2N4O2. The lowest BCUT2D eigenvalue weighted by Gasteiger charge is -2.12. The van der Waals surface area contributed by atoms with Crippen molar-refractivity contribution in [3.05, 3.63) is 40.3 Å². The van der Waals surface area contributed by atoms with E-state index in [0.717, 1.165) is 0 Å². The predicted octanol–water partition coefficient (Wildman–Crippen LogP) is 4.61. The lowest BCUT2D eigenvalue weighted by atomic mass is 10.3. The van der Waals surface area contributed by atoms with Crippen molar-refractivity contribution < 1.29 is 18.3 Å². The lowest BCUT2D eigenvalue weighted by Crippen LogP contribution is -2.27. The van der Waals surface area contributed by atoms with E-state index in [2.05, 4.69) is 15.3 Å². The summed E-state index contributed by atoms with van der Waals surface area (Å²) < 4.78 is 30.8. The topological polar surface area (TPSA) is 67.4 Å². The number of hydrogen-bond acceptors (Lipinski definition) is 4. The monoisotopic (exact) mass is 376 g/mol. The second-order valence-electron chi connectivity index (χ2n) is 4.74. The van der Waals surface area contributed by atoms with Crippen LogP contribution in [0.5, 0.6) is 11.6 Å². The van der Waals surface area contributed by atoms with Gasteiger partial charge in [0.1, 0.15) is 10.8 Å². The molecule has 1 N–H and O–H groups in total. The second kappa shape index (κ2) is 7.59. The zero-order valence-electron chi connectivity index (χ0n) is 12.6. The van der Waals surface area contributed by atoms with E-state index >= 15 is 0 Å². The van der Waals surface area contributed by atoms with Gasteiger partial charge in [0.15, 0.2) is 5.15 Å². The van der Waals surface area contributed by atoms with Gasteiger partial charge in [0, 0.05) is 19.8 Å². The third-order valence-corrected chi connectivity index (χ3v) is 3.43. The molecule has 0 unspecified atom stereocenters. The third-order valence-electron chi connectivity index (χ3n) is 2.72. The minimum Gasteiger partial charge on any atom is -0.437 e. The first kappa shape index (κ1) is 18.2. The van der Waals surface area contributed by atoms with Crippen LogP contribution in [-0.2, 0) is 0 Å². The molecule has 0 atom stereocenters. The third kappa shape index (κ3) is 4.42. The summed E-state index contributed by atoms with van der Waals surface area (Å²) in [5, 5.41) is 2.13. The fraction of sp³-hybridized carbons (Fsp3) is 0.214. The molecule has 2 rings (SSSR count). The summed E-state index contributed by atoms with van der Waals surface area (Å²) in [6.07, 6.45) is -2.91. The van der Waals surface area contributed by atoms with Crippen molar-refractivity contribution in [2.24, 2.45) is 0 Å². The molecule has 0 saturated heterocycles. The van der Waals surface area contributed by atoms with Crippen LogP contribution in [0.25, 0.3) is 0 Å². The standard InChI is InChI=1S/C14H12Cl2F2N4O2/c1-22(2)14(23)19-7-3-5-8(6-4-7)24-13-9(15)10(16)20-12(21-13)11(17)18/h3-6,11H,1-2H3,(H,19,23). The van der Waals surface area contributed by atoms with E-state index in [-0.39, 0.29) is 27.8 Å². The maximum atomic E-state index is 12.7. The summed E-state index contributed by atoms with van der Waals surface area (Å²) in [5.74, 6) is -0.791. The fourth-order valence-electron chi connectivity index (χ4n) is 1.53. The quantitative estimate of drug-likeness (QED) is 0.791. The number of amides is 2. The molecule has 1 heterocycles. The molecule has 10 heteroatoms. The number of alkyl halides is 2. The van der Waals surface area contributed by atoms with Crippen LogP contribution in [0.4, 0.5) is 19.3 Å². The molecule has 2 amide bonds. The molecule has 1 aromatic heterocycles. The Balaban J connectivity index is 2.18. The SMILES string of the molecule is CN(C)C(=O)Nc1ccc(Oc2nc(C(F)F)nc(Cl)c2Cl)cc1. The summed E-state index contributed by atoms with van der Waals surface area (Å²) in [5.41, 5.74) is 0.529. The van der Waals surface area contributed by atoms with Crippen LogP contribution in [0.15, 0.2) is 24.3 Å². The smallest absolute Gasteiger partial charge is 0.321 e. The Labute approximate surface area is 146 Å². The second-order valence-corrected chi connectivity index (χ2v) is 5.48. The van der Waals surface area contributed by atoms with E-state index in [9.17, 15) is 13.6 Å². The minimum absolute atomic E-state index is 0.175. The molecule has 0 saturated carbocycles. The Hall–Kier alpha value is -2.19. The first-order valence-electron chi connectivity index (χ1n) is 6.55. The molecule has 0 radical (unpaired) electrons. The molecule has 1 aromatic carbocycles. The molecule has 6 nitrogen and oxygen atoms in total. The Morgan fingerprint density at radius 2 is 1.83 bits per heavy atom. The van der Waals surface area contributed by atoms with E-state index in [4.69, 9.17) is 27.9 Å². The number of anilines is 1. The van der Waals surface area contributed by atoms with E-state index in [1.807, 2.05) is 0 Å². The van der Waals surface area contributed by atoms with Crippen molar-refractivity contribution in [2.45, 2.75) is 6.43 Å². The highest BCUT2D eigenvalue weighted by Gasteiger charge is 2.19. The van der Waals surface area contributed by atoms with Crippen molar-refractivity contribution in [1.29, 1.82) is 0 Å². The highest BCUT2D eigenvalue weighted by molar-refractivity contribution is 6.42. The Kier molecular flexibility index (Phi) is 5.74. The van der Waals surface area contributed by atoms with Gasteiger partial charge in [-0.25, -0.2) is 18.6 Å². The predicted molar refractivity (Wildman–Crippen MR) is 86.2 cm³/mol. The van der Waals surface area contributed by atoms with Gasteiger partial charge < -0.3 is 15.0 Å². The zero-order chi connectivity index (χ0) is 17.9. The number of nitrogens with zero attached hydrogens (tertiary/aromatic N) is 3. The van der Waals surface area contributed by atoms with E-state index in [1.54, 1.807) is 26.2 Å². The summed E-state index contributed by atoms with van der Waals surface area (Å²) in [6, 6.07) is 5.87. The number of aromatic nitrogens is 2. The number of carbonyl (C=O) groups is 1. The number of rotatable bonds is 4. The van der Waals surface area contributed by atoms with Gasteiger partial charge in [-0.1, -0.05) is 23.2 Å². The van der Waals surface area contributed by atoms with Gasteiger partial charge in [-0.05, 0) is 24.3 Å². The van der Waals surface area contributed by atoms with Gasteiger partial charge in [0.05, 0.1) is 0 Å². The largest absolute Gasteiger partial charge is 0.437 e. The normalized spacial score (nSPS) is 10.6. The van der Waals surface area contributed by atoms with Gasteiger partial charge in [-0.15, -0.1) is 0 Å². The molecule has 0 spiro atoms. The van der Waals surface area contributed by atoms with Crippen molar-refractivity contribution in [3.8, 4) is 11.6 Å². The van der Waals surface area contributed by atoms with Crippen molar-refractivity contribution in [2.75, 3.05) is 19.4 Å². The number of ether oxygens (including phenoxy) is 1. The molecule has 24 heavy (non-hydrogen) atoms. The Morgan fingerprint density at radius 3 is 2.38 bits per heavy atom. The highest BCUT2D eigenvalue weighted by atomic mass is 35.5. The Bertz CT molecular complexity index is 742. The van der Waals surface area contributed by atoms with Crippen LogP contribution < -0.4 is 10.1 Å². The first-order valence-corrected chi connectivity index (χ1v) is 7.31. The van der Waals surface area contributed by atoms with Crippen LogP contribution in [0.2, 0.25) is 10.2 Å². The lowest BCUT2D eigenvalue weighted by molar-refractivity contribution is 0.139. The summed E-state index contributed by atoms with van der Waals surface area (Å²) in [7, 11) is 3.21. The number of hydrogen-bond donors (Lipinski definition) is 1. The van der Waals surface area contributed by atoms with E-state index in [0.29, 0.717) is 5.69 Å². The fourth-order valence-corrected chi connectivity index (χ4v) is 1.82. The van der Waals surface area contributed by atoms with Crippen LogP contribution in [0, 0.1) is 0 Å². The van der Waals surface area contributed by atoms with Crippen molar-refractivity contribution in [3.63, 3.8) is 0 Å². The van der Waals surface area contributed by atoms with Gasteiger partial charge >= 0.3 is 6.03 Å². The number of carbonyl (C=O) groups excluding carboxylic acids is 1. The number of benzene rings is 1. The number of urea groups is 1. The van der Waals surface area contributed by atoms with Gasteiger partial charge in [-0.2, -0.15) is 4.98 Å². The highest BCUT2D eigenvalue weighted by Crippen LogP contribution is 2.34. The van der Waals surface area contributed by atoms with Gasteiger partial charge in [0.25, 0.3) is 6.43 Å². The van der Waals surface area contributed by atoms with Crippen molar-refractivity contribution >= 4 is 34.9 Å². The molecule has 0 aliphatic carbocycles. The maximum absolute atomic E-state index is 12.7. The molecule has 0 fully saturated rings. The molecule has 2 aromatic rings.